The Morgan fingerprint density at radius 3 is 2.65 bits per heavy atom. The lowest BCUT2D eigenvalue weighted by molar-refractivity contribution is 0.781. The molecule has 20 heavy (non-hydrogen) atoms. The van der Waals surface area contributed by atoms with E-state index in [2.05, 4.69) is 39.1 Å². The summed E-state index contributed by atoms with van der Waals surface area (Å²) in [6, 6.07) is 5.92. The number of anilines is 2. The van der Waals surface area contributed by atoms with Gasteiger partial charge in [0.15, 0.2) is 0 Å². The number of pyridine rings is 1. The lowest BCUT2D eigenvalue weighted by Gasteiger charge is -2.24. The summed E-state index contributed by atoms with van der Waals surface area (Å²) < 4.78 is 0. The molecule has 0 unspecified atom stereocenters. The van der Waals surface area contributed by atoms with Gasteiger partial charge >= 0.3 is 0 Å². The molecule has 2 aromatic heterocycles. The van der Waals surface area contributed by atoms with Crippen molar-refractivity contribution in [2.24, 2.45) is 5.84 Å². The zero-order valence-electron chi connectivity index (χ0n) is 11.9. The minimum Gasteiger partial charge on any atom is -0.351 e. The molecule has 0 aliphatic carbocycles. The predicted molar refractivity (Wildman–Crippen MR) is 80.2 cm³/mol. The Hall–Kier alpha value is -2.21. The SMILES string of the molecule is CCc1c(NN)ncnc1N(CC)Cc1ccccn1. The van der Waals surface area contributed by atoms with E-state index < -0.39 is 0 Å². The van der Waals surface area contributed by atoms with Crippen molar-refractivity contribution >= 4 is 11.6 Å². The van der Waals surface area contributed by atoms with Gasteiger partial charge in [-0.05, 0) is 25.5 Å². The summed E-state index contributed by atoms with van der Waals surface area (Å²) >= 11 is 0. The van der Waals surface area contributed by atoms with Crippen LogP contribution in [0.5, 0.6) is 0 Å². The van der Waals surface area contributed by atoms with Crippen molar-refractivity contribution in [2.45, 2.75) is 26.8 Å². The van der Waals surface area contributed by atoms with Gasteiger partial charge in [0, 0.05) is 18.3 Å². The molecule has 0 aromatic carbocycles. The summed E-state index contributed by atoms with van der Waals surface area (Å²) in [5.41, 5.74) is 4.67. The van der Waals surface area contributed by atoms with Crippen LogP contribution < -0.4 is 16.2 Å². The fourth-order valence-electron chi connectivity index (χ4n) is 2.15. The maximum atomic E-state index is 5.52. The van der Waals surface area contributed by atoms with Gasteiger partial charge in [-0.1, -0.05) is 13.0 Å². The first-order chi connectivity index (χ1) is 9.80. The highest BCUT2D eigenvalue weighted by Crippen LogP contribution is 2.24. The summed E-state index contributed by atoms with van der Waals surface area (Å²) in [6.45, 7) is 5.72. The van der Waals surface area contributed by atoms with Crippen molar-refractivity contribution < 1.29 is 0 Å². The van der Waals surface area contributed by atoms with E-state index in [1.807, 2.05) is 18.2 Å². The number of nitrogens with two attached hydrogens (primary N) is 1. The van der Waals surface area contributed by atoms with E-state index >= 15 is 0 Å². The molecule has 0 radical (unpaired) electrons. The van der Waals surface area contributed by atoms with Crippen LogP contribution in [0.4, 0.5) is 11.6 Å². The Morgan fingerprint density at radius 1 is 1.20 bits per heavy atom. The summed E-state index contributed by atoms with van der Waals surface area (Å²) in [5.74, 6) is 7.10. The largest absolute Gasteiger partial charge is 0.351 e. The van der Waals surface area contributed by atoms with Crippen LogP contribution in [0.25, 0.3) is 0 Å². The second kappa shape index (κ2) is 6.81. The number of hydrogen-bond donors (Lipinski definition) is 2. The van der Waals surface area contributed by atoms with Crippen molar-refractivity contribution in [2.75, 3.05) is 16.9 Å². The molecular weight excluding hydrogens is 252 g/mol. The van der Waals surface area contributed by atoms with Gasteiger partial charge in [-0.15, -0.1) is 0 Å². The molecule has 0 aliphatic heterocycles. The highest BCUT2D eigenvalue weighted by Gasteiger charge is 2.15. The number of nitrogens with one attached hydrogen (secondary N) is 1. The molecule has 0 fully saturated rings. The molecule has 0 saturated carbocycles. The van der Waals surface area contributed by atoms with E-state index in [1.54, 1.807) is 6.20 Å². The number of hydrazine groups is 1. The third-order valence-electron chi connectivity index (χ3n) is 3.17. The van der Waals surface area contributed by atoms with Crippen LogP contribution in [0.2, 0.25) is 0 Å². The van der Waals surface area contributed by atoms with Crippen LogP contribution in [-0.4, -0.2) is 21.5 Å². The van der Waals surface area contributed by atoms with Crippen molar-refractivity contribution in [3.8, 4) is 0 Å². The molecule has 2 heterocycles. The van der Waals surface area contributed by atoms with Crippen LogP contribution in [0, 0.1) is 0 Å². The molecule has 0 amide bonds. The van der Waals surface area contributed by atoms with Gasteiger partial charge in [-0.3, -0.25) is 4.98 Å². The summed E-state index contributed by atoms with van der Waals surface area (Å²) in [4.78, 5) is 15.1. The standard InChI is InChI=1S/C14H20N6/c1-3-12-13(19-15)17-10-18-14(12)20(4-2)9-11-7-5-6-8-16-11/h5-8,10H,3-4,9,15H2,1-2H3,(H,17,18,19). The predicted octanol–water partition coefficient (Wildman–Crippen LogP) is 1.75. The highest BCUT2D eigenvalue weighted by molar-refractivity contribution is 5.58. The number of nitrogens with zero attached hydrogens (tertiary/aromatic N) is 4. The van der Waals surface area contributed by atoms with Crippen LogP contribution in [0.15, 0.2) is 30.7 Å². The van der Waals surface area contributed by atoms with E-state index in [0.29, 0.717) is 12.4 Å². The van der Waals surface area contributed by atoms with E-state index in [1.165, 1.54) is 6.33 Å². The van der Waals surface area contributed by atoms with Crippen molar-refractivity contribution in [1.29, 1.82) is 0 Å². The highest BCUT2D eigenvalue weighted by atomic mass is 15.3. The van der Waals surface area contributed by atoms with E-state index in [4.69, 9.17) is 5.84 Å². The number of nitrogen functional groups attached to an aromatic ring is 1. The fraction of sp³-hybridized carbons (Fsp3) is 0.357. The molecule has 106 valence electrons. The van der Waals surface area contributed by atoms with Gasteiger partial charge in [-0.2, -0.15) is 0 Å². The first-order valence-electron chi connectivity index (χ1n) is 6.75. The Labute approximate surface area is 119 Å². The quantitative estimate of drug-likeness (QED) is 0.616. The second-order valence-corrected chi connectivity index (χ2v) is 4.36. The van der Waals surface area contributed by atoms with Gasteiger partial charge in [-0.25, -0.2) is 15.8 Å². The molecule has 2 aromatic rings. The van der Waals surface area contributed by atoms with Gasteiger partial charge in [0.05, 0.1) is 12.2 Å². The lowest BCUT2D eigenvalue weighted by Crippen LogP contribution is -2.26. The molecule has 0 bridgehead atoms. The monoisotopic (exact) mass is 272 g/mol. The van der Waals surface area contributed by atoms with Gasteiger partial charge in [0.2, 0.25) is 0 Å². The minimum atomic E-state index is 0.678. The average Bonchev–Trinajstić information content (AvgIpc) is 2.52. The molecule has 0 atom stereocenters. The topological polar surface area (TPSA) is 80.0 Å². The summed E-state index contributed by atoms with van der Waals surface area (Å²) in [5, 5.41) is 0. The first-order valence-corrected chi connectivity index (χ1v) is 6.75. The Bertz CT molecular complexity index is 543. The molecule has 3 N–H and O–H groups in total. The summed E-state index contributed by atoms with van der Waals surface area (Å²) in [7, 11) is 0. The van der Waals surface area contributed by atoms with Crippen molar-refractivity contribution in [3.05, 3.63) is 42.0 Å². The zero-order chi connectivity index (χ0) is 14.4. The van der Waals surface area contributed by atoms with Crippen LogP contribution >= 0.6 is 0 Å². The summed E-state index contributed by atoms with van der Waals surface area (Å²) in [6.07, 6.45) is 4.15. The molecular formula is C14H20N6. The third-order valence-corrected chi connectivity index (χ3v) is 3.17. The van der Waals surface area contributed by atoms with E-state index in [-0.39, 0.29) is 0 Å². The molecule has 6 nitrogen and oxygen atoms in total. The van der Waals surface area contributed by atoms with Crippen molar-refractivity contribution in [1.82, 2.24) is 15.0 Å². The molecule has 0 saturated heterocycles. The average molecular weight is 272 g/mol. The molecule has 6 heteroatoms. The molecule has 2 rings (SSSR count). The lowest BCUT2D eigenvalue weighted by atomic mass is 10.2. The van der Waals surface area contributed by atoms with Crippen LogP contribution in [0.1, 0.15) is 25.1 Å². The first kappa shape index (κ1) is 14.2. The van der Waals surface area contributed by atoms with Gasteiger partial charge < -0.3 is 10.3 Å². The second-order valence-electron chi connectivity index (χ2n) is 4.36. The Morgan fingerprint density at radius 2 is 2.05 bits per heavy atom. The zero-order valence-corrected chi connectivity index (χ0v) is 11.9. The number of aromatic nitrogens is 3. The molecule has 0 aliphatic rings. The maximum absolute atomic E-state index is 5.52. The molecule has 0 spiro atoms. The smallest absolute Gasteiger partial charge is 0.148 e. The fourth-order valence-corrected chi connectivity index (χ4v) is 2.15. The van der Waals surface area contributed by atoms with Crippen LogP contribution in [0.3, 0.4) is 0 Å². The third kappa shape index (κ3) is 3.03. The van der Waals surface area contributed by atoms with E-state index in [9.17, 15) is 0 Å². The van der Waals surface area contributed by atoms with E-state index in [0.717, 1.165) is 30.0 Å². The Balaban J connectivity index is 2.32. The van der Waals surface area contributed by atoms with Crippen LogP contribution in [-0.2, 0) is 13.0 Å². The van der Waals surface area contributed by atoms with Gasteiger partial charge in [0.1, 0.15) is 18.0 Å². The van der Waals surface area contributed by atoms with Crippen molar-refractivity contribution in [3.63, 3.8) is 0 Å². The van der Waals surface area contributed by atoms with Gasteiger partial charge in [0.25, 0.3) is 0 Å². The maximum Gasteiger partial charge on any atom is 0.148 e. The number of hydrogen-bond acceptors (Lipinski definition) is 6. The Kier molecular flexibility index (Phi) is 4.84. The normalized spacial score (nSPS) is 10.3. The number of rotatable bonds is 6. The minimum absolute atomic E-state index is 0.678.